The summed E-state index contributed by atoms with van der Waals surface area (Å²) >= 11 is 6.09. The molecule has 2 aliphatic heterocycles. The van der Waals surface area contributed by atoms with Gasteiger partial charge in [-0.15, -0.1) is 0 Å². The van der Waals surface area contributed by atoms with Crippen molar-refractivity contribution in [3.05, 3.63) is 50.8 Å². The minimum Gasteiger partial charge on any atom is -0.381 e. The molecule has 1 aromatic heterocycles. The van der Waals surface area contributed by atoms with Crippen molar-refractivity contribution in [1.82, 2.24) is 9.78 Å². The molecule has 1 aromatic carbocycles. The Morgan fingerprint density at radius 2 is 2.00 bits per heavy atom. The number of rotatable bonds is 2. The van der Waals surface area contributed by atoms with Crippen LogP contribution in [0, 0.1) is 0 Å². The van der Waals surface area contributed by atoms with Crippen molar-refractivity contribution in [2.75, 3.05) is 18.5 Å². The number of H-pyrrole nitrogens is 1. The fourth-order valence-electron chi connectivity index (χ4n) is 3.61. The first-order valence-electron chi connectivity index (χ1n) is 8.11. The molecule has 0 spiro atoms. The lowest BCUT2D eigenvalue weighted by atomic mass is 9.87. The number of fused-ring (bicyclic) bond motifs is 1. The van der Waals surface area contributed by atoms with Gasteiger partial charge >= 0.3 is 0 Å². The summed E-state index contributed by atoms with van der Waals surface area (Å²) in [5.41, 5.74) is 1.35. The van der Waals surface area contributed by atoms with Crippen molar-refractivity contribution in [3.63, 3.8) is 0 Å². The molecule has 1 unspecified atom stereocenters. The van der Waals surface area contributed by atoms with E-state index in [-0.39, 0.29) is 29.8 Å². The average Bonchev–Trinajstić information content (AvgIpc) is 2.91. The quantitative estimate of drug-likeness (QED) is 0.876. The number of aromatic amines is 1. The van der Waals surface area contributed by atoms with Gasteiger partial charge in [-0.2, -0.15) is 0 Å². The number of benzene rings is 1. The van der Waals surface area contributed by atoms with Crippen LogP contribution < -0.4 is 10.9 Å². The van der Waals surface area contributed by atoms with Crippen LogP contribution in [0.15, 0.2) is 29.1 Å². The predicted molar refractivity (Wildman–Crippen MR) is 90.7 cm³/mol. The molecule has 1 atom stereocenters. The molecule has 4 rings (SSSR count). The maximum atomic E-state index is 12.6. The molecule has 7 heteroatoms. The molecule has 0 saturated carbocycles. The molecule has 3 heterocycles. The Hall–Kier alpha value is -2.05. The van der Waals surface area contributed by atoms with E-state index in [1.165, 1.54) is 0 Å². The summed E-state index contributed by atoms with van der Waals surface area (Å²) in [4.78, 5) is 24.9. The topological polar surface area (TPSA) is 76.1 Å². The first-order chi connectivity index (χ1) is 11.6. The third-order valence-corrected chi connectivity index (χ3v) is 5.00. The summed E-state index contributed by atoms with van der Waals surface area (Å²) in [5.74, 6) is 0.220. The largest absolute Gasteiger partial charge is 0.381 e. The number of hydrogen-bond donors (Lipinski definition) is 2. The van der Waals surface area contributed by atoms with Crippen LogP contribution in [0.5, 0.6) is 0 Å². The van der Waals surface area contributed by atoms with Crippen LogP contribution in [-0.2, 0) is 9.53 Å². The van der Waals surface area contributed by atoms with Crippen molar-refractivity contribution in [3.8, 4) is 0 Å². The Labute approximate surface area is 143 Å². The smallest absolute Gasteiger partial charge is 0.270 e. The van der Waals surface area contributed by atoms with Gasteiger partial charge in [0, 0.05) is 30.6 Å². The molecule has 0 aliphatic carbocycles. The molecule has 24 heavy (non-hydrogen) atoms. The van der Waals surface area contributed by atoms with Crippen molar-refractivity contribution in [2.45, 2.75) is 31.2 Å². The van der Waals surface area contributed by atoms with Gasteiger partial charge in [0.05, 0.1) is 11.6 Å². The zero-order valence-electron chi connectivity index (χ0n) is 13.0. The van der Waals surface area contributed by atoms with Crippen LogP contribution >= 0.6 is 11.6 Å². The Morgan fingerprint density at radius 3 is 2.75 bits per heavy atom. The predicted octanol–water partition coefficient (Wildman–Crippen LogP) is 2.66. The molecular weight excluding hydrogens is 330 g/mol. The van der Waals surface area contributed by atoms with Gasteiger partial charge in [0.1, 0.15) is 5.82 Å². The molecule has 2 aromatic rings. The second-order valence-electron chi connectivity index (χ2n) is 6.28. The molecule has 0 radical (unpaired) electrons. The maximum absolute atomic E-state index is 12.6. The molecule has 1 saturated heterocycles. The standard InChI is InChI=1S/C17H18ClN3O3/c18-11-3-1-2-10(8-11)13-9-14(22)19-16-15(13)17(23)20-21(16)12-4-6-24-7-5-12/h1-3,8,12-13H,4-7,9H2,(H,19,22)(H,20,23). The highest BCUT2D eigenvalue weighted by Crippen LogP contribution is 2.37. The van der Waals surface area contributed by atoms with E-state index in [2.05, 4.69) is 10.4 Å². The van der Waals surface area contributed by atoms with E-state index in [1.807, 2.05) is 22.9 Å². The summed E-state index contributed by atoms with van der Waals surface area (Å²) < 4.78 is 7.20. The monoisotopic (exact) mass is 347 g/mol. The van der Waals surface area contributed by atoms with Gasteiger partial charge in [0.15, 0.2) is 0 Å². The summed E-state index contributed by atoms with van der Waals surface area (Å²) in [6.07, 6.45) is 1.87. The fourth-order valence-corrected chi connectivity index (χ4v) is 3.81. The second-order valence-corrected chi connectivity index (χ2v) is 6.71. The highest BCUT2D eigenvalue weighted by molar-refractivity contribution is 6.30. The Morgan fingerprint density at radius 1 is 1.21 bits per heavy atom. The fraction of sp³-hybridized carbons (Fsp3) is 0.412. The minimum absolute atomic E-state index is 0.0905. The van der Waals surface area contributed by atoms with Crippen molar-refractivity contribution in [1.29, 1.82) is 0 Å². The highest BCUT2D eigenvalue weighted by Gasteiger charge is 2.34. The molecule has 0 bridgehead atoms. The number of carbonyl (C=O) groups excluding carboxylic acids is 1. The minimum atomic E-state index is -0.280. The van der Waals surface area contributed by atoms with Gasteiger partial charge in [-0.3, -0.25) is 19.4 Å². The number of nitrogens with zero attached hydrogens (tertiary/aromatic N) is 1. The average molecular weight is 348 g/mol. The second kappa shape index (κ2) is 6.11. The van der Waals surface area contributed by atoms with E-state index in [0.717, 1.165) is 18.4 Å². The number of hydrogen-bond acceptors (Lipinski definition) is 3. The van der Waals surface area contributed by atoms with Crippen LogP contribution in [0.25, 0.3) is 0 Å². The van der Waals surface area contributed by atoms with Crippen molar-refractivity contribution >= 4 is 23.3 Å². The van der Waals surface area contributed by atoms with Gasteiger partial charge in [0.25, 0.3) is 5.56 Å². The van der Waals surface area contributed by atoms with Crippen LogP contribution in [-0.4, -0.2) is 28.9 Å². The SMILES string of the molecule is O=C1CC(c2cccc(Cl)c2)c2c(n(C3CCOCC3)[nH]c2=O)N1. The molecule has 2 N–H and O–H groups in total. The summed E-state index contributed by atoms with van der Waals surface area (Å²) in [6.45, 7) is 1.32. The van der Waals surface area contributed by atoms with E-state index in [0.29, 0.717) is 29.6 Å². The number of ether oxygens (including phenoxy) is 1. The molecule has 6 nitrogen and oxygen atoms in total. The lowest BCUT2D eigenvalue weighted by Crippen LogP contribution is -2.28. The van der Waals surface area contributed by atoms with Crippen LogP contribution in [0.1, 0.15) is 42.3 Å². The Bertz CT molecular complexity index is 836. The molecule has 1 amide bonds. The third kappa shape index (κ3) is 2.65. The Kier molecular flexibility index (Phi) is 3.94. The first-order valence-corrected chi connectivity index (χ1v) is 8.48. The number of aromatic nitrogens is 2. The van der Waals surface area contributed by atoms with E-state index >= 15 is 0 Å². The van der Waals surface area contributed by atoms with Crippen LogP contribution in [0.3, 0.4) is 0 Å². The number of carbonyl (C=O) groups is 1. The number of amides is 1. The Balaban J connectivity index is 1.81. The van der Waals surface area contributed by atoms with Gasteiger partial charge in [-0.1, -0.05) is 23.7 Å². The van der Waals surface area contributed by atoms with Gasteiger partial charge in [-0.05, 0) is 30.5 Å². The van der Waals surface area contributed by atoms with Crippen molar-refractivity contribution < 1.29 is 9.53 Å². The van der Waals surface area contributed by atoms with Crippen LogP contribution in [0.2, 0.25) is 5.02 Å². The molecule has 2 aliphatic rings. The molecule has 126 valence electrons. The highest BCUT2D eigenvalue weighted by atomic mass is 35.5. The van der Waals surface area contributed by atoms with E-state index in [9.17, 15) is 9.59 Å². The van der Waals surface area contributed by atoms with Gasteiger partial charge in [-0.25, -0.2) is 0 Å². The van der Waals surface area contributed by atoms with E-state index < -0.39 is 0 Å². The molecule has 1 fully saturated rings. The van der Waals surface area contributed by atoms with Gasteiger partial charge < -0.3 is 10.1 Å². The zero-order chi connectivity index (χ0) is 16.7. The summed E-state index contributed by atoms with van der Waals surface area (Å²) in [7, 11) is 0. The van der Waals surface area contributed by atoms with Crippen molar-refractivity contribution in [2.24, 2.45) is 0 Å². The van der Waals surface area contributed by atoms with Gasteiger partial charge in [0.2, 0.25) is 5.91 Å². The third-order valence-electron chi connectivity index (χ3n) is 4.77. The first kappa shape index (κ1) is 15.5. The molecular formula is C17H18ClN3O3. The lowest BCUT2D eigenvalue weighted by Gasteiger charge is -2.28. The van der Waals surface area contributed by atoms with E-state index in [1.54, 1.807) is 6.07 Å². The normalized spacial score (nSPS) is 21.4. The number of anilines is 1. The lowest BCUT2D eigenvalue weighted by molar-refractivity contribution is -0.116. The van der Waals surface area contributed by atoms with Crippen LogP contribution in [0.4, 0.5) is 5.82 Å². The van der Waals surface area contributed by atoms with E-state index in [4.69, 9.17) is 16.3 Å². The summed E-state index contributed by atoms with van der Waals surface area (Å²) in [6, 6.07) is 7.48. The zero-order valence-corrected chi connectivity index (χ0v) is 13.8. The summed E-state index contributed by atoms with van der Waals surface area (Å²) in [5, 5.41) is 6.40. The number of halogens is 1. The number of nitrogens with one attached hydrogen (secondary N) is 2. The maximum Gasteiger partial charge on any atom is 0.270 e.